The maximum Gasteiger partial charge on any atom is 0.419 e. The molecule has 0 aliphatic carbocycles. The van der Waals surface area contributed by atoms with Crippen LogP contribution in [0.2, 0.25) is 0 Å². The number of allylic oxidation sites excluding steroid dienone is 1. The number of carboxylic acids is 1. The van der Waals surface area contributed by atoms with E-state index in [-0.39, 0.29) is 11.3 Å². The molecule has 1 N–H and O–H groups in total. The molecule has 0 saturated carbocycles. The van der Waals surface area contributed by atoms with Crippen LogP contribution >= 0.6 is 0 Å². The number of nitroso groups, excluding NO2 is 1. The Bertz CT molecular complexity index is 774. The highest BCUT2D eigenvalue weighted by Crippen LogP contribution is 2.29. The van der Waals surface area contributed by atoms with Crippen LogP contribution in [-0.2, 0) is 0 Å². The lowest BCUT2D eigenvalue weighted by Gasteiger charge is -2.17. The quantitative estimate of drug-likeness (QED) is 0.444. The standard InChI is InChI=1S/C17H14F2N2O4/c1-2-11-17(18,19)25-15-9-7-14(8-10-15)21(20-24)13-5-3-12(4-6-13)16(22)23/h2-11H,1H3,(H,22,23)/b11-2+. The van der Waals surface area contributed by atoms with Gasteiger partial charge >= 0.3 is 12.1 Å². The topological polar surface area (TPSA) is 79.2 Å². The largest absolute Gasteiger partial charge is 0.478 e. The third-order valence-electron chi connectivity index (χ3n) is 3.14. The van der Waals surface area contributed by atoms with Crippen LogP contribution in [0, 0.1) is 4.91 Å². The van der Waals surface area contributed by atoms with Crippen LogP contribution in [0.25, 0.3) is 0 Å². The van der Waals surface area contributed by atoms with Crippen molar-refractivity contribution in [2.75, 3.05) is 5.01 Å². The van der Waals surface area contributed by atoms with Crippen molar-refractivity contribution in [3.05, 3.63) is 71.2 Å². The molecule has 0 atom stereocenters. The zero-order chi connectivity index (χ0) is 18.4. The summed E-state index contributed by atoms with van der Waals surface area (Å²) in [5.74, 6) is -1.18. The van der Waals surface area contributed by atoms with E-state index in [4.69, 9.17) is 5.11 Å². The molecule has 8 heteroatoms. The van der Waals surface area contributed by atoms with Crippen LogP contribution in [0.15, 0.2) is 66.0 Å². The minimum atomic E-state index is -3.44. The zero-order valence-corrected chi connectivity index (χ0v) is 13.1. The average Bonchev–Trinajstić information content (AvgIpc) is 2.57. The Hall–Kier alpha value is -3.29. The van der Waals surface area contributed by atoms with Gasteiger partial charge in [-0.15, -0.1) is 4.91 Å². The molecule has 0 heterocycles. The van der Waals surface area contributed by atoms with E-state index in [0.717, 1.165) is 5.01 Å². The first-order valence-electron chi connectivity index (χ1n) is 7.14. The van der Waals surface area contributed by atoms with Gasteiger partial charge in [0.05, 0.1) is 22.2 Å². The molecule has 6 nitrogen and oxygen atoms in total. The van der Waals surface area contributed by atoms with E-state index in [1.807, 2.05) is 0 Å². The van der Waals surface area contributed by atoms with Crippen LogP contribution in [0.3, 0.4) is 0 Å². The van der Waals surface area contributed by atoms with Gasteiger partial charge in [-0.25, -0.2) is 4.79 Å². The first-order valence-corrected chi connectivity index (χ1v) is 7.14. The number of rotatable bonds is 7. The highest BCUT2D eigenvalue weighted by Gasteiger charge is 2.27. The summed E-state index contributed by atoms with van der Waals surface area (Å²) >= 11 is 0. The Kier molecular flexibility index (Phi) is 5.43. The fourth-order valence-electron chi connectivity index (χ4n) is 2.03. The number of carbonyl (C=O) groups is 1. The Balaban J connectivity index is 2.21. The van der Waals surface area contributed by atoms with E-state index in [2.05, 4.69) is 10.0 Å². The third-order valence-corrected chi connectivity index (χ3v) is 3.14. The third kappa shape index (κ3) is 4.60. The van der Waals surface area contributed by atoms with E-state index in [1.165, 1.54) is 61.5 Å². The number of nitrogens with zero attached hydrogens (tertiary/aromatic N) is 2. The monoisotopic (exact) mass is 348 g/mol. The van der Waals surface area contributed by atoms with Crippen LogP contribution in [-0.4, -0.2) is 17.2 Å². The Morgan fingerprint density at radius 3 is 2.08 bits per heavy atom. The van der Waals surface area contributed by atoms with Crippen molar-refractivity contribution in [2.45, 2.75) is 13.0 Å². The predicted octanol–water partition coefficient (Wildman–Crippen LogP) is 4.75. The summed E-state index contributed by atoms with van der Waals surface area (Å²) in [6.07, 6.45) is -1.65. The number of benzene rings is 2. The fraction of sp³-hybridized carbons (Fsp3) is 0.118. The molecule has 2 aromatic rings. The van der Waals surface area contributed by atoms with Crippen molar-refractivity contribution < 1.29 is 23.4 Å². The summed E-state index contributed by atoms with van der Waals surface area (Å²) < 4.78 is 31.3. The maximum atomic E-state index is 13.4. The molecule has 0 fully saturated rings. The van der Waals surface area contributed by atoms with Crippen molar-refractivity contribution >= 4 is 17.3 Å². The van der Waals surface area contributed by atoms with Gasteiger partial charge in [0.1, 0.15) is 5.75 Å². The van der Waals surface area contributed by atoms with E-state index in [0.29, 0.717) is 17.5 Å². The number of ether oxygens (including phenoxy) is 1. The minimum absolute atomic E-state index is 0.0598. The molecule has 25 heavy (non-hydrogen) atoms. The molecule has 0 saturated heterocycles. The highest BCUT2D eigenvalue weighted by atomic mass is 19.3. The number of hydrogen-bond donors (Lipinski definition) is 1. The van der Waals surface area contributed by atoms with Crippen LogP contribution < -0.4 is 9.75 Å². The predicted molar refractivity (Wildman–Crippen MR) is 88.2 cm³/mol. The highest BCUT2D eigenvalue weighted by molar-refractivity contribution is 5.88. The number of halogens is 2. The molecule has 130 valence electrons. The van der Waals surface area contributed by atoms with Gasteiger partial charge in [0.15, 0.2) is 0 Å². The normalized spacial score (nSPS) is 11.3. The van der Waals surface area contributed by atoms with E-state index < -0.39 is 12.1 Å². The first kappa shape index (κ1) is 18.1. The maximum absolute atomic E-state index is 13.4. The number of alkyl halides is 2. The van der Waals surface area contributed by atoms with E-state index in [9.17, 15) is 18.5 Å². The molecule has 2 aromatic carbocycles. The fourth-order valence-corrected chi connectivity index (χ4v) is 2.03. The van der Waals surface area contributed by atoms with Gasteiger partial charge in [-0.2, -0.15) is 13.8 Å². The first-order chi connectivity index (χ1) is 11.9. The lowest BCUT2D eigenvalue weighted by molar-refractivity contribution is -0.131. The molecule has 0 aromatic heterocycles. The summed E-state index contributed by atoms with van der Waals surface area (Å²) in [4.78, 5) is 22.0. The molecular formula is C17H14F2N2O4. The summed E-state index contributed by atoms with van der Waals surface area (Å²) in [5, 5.41) is 12.7. The van der Waals surface area contributed by atoms with E-state index in [1.54, 1.807) is 0 Å². The Morgan fingerprint density at radius 2 is 1.64 bits per heavy atom. The lowest BCUT2D eigenvalue weighted by Crippen LogP contribution is -2.21. The van der Waals surface area contributed by atoms with Crippen molar-refractivity contribution in [3.63, 3.8) is 0 Å². The number of carboxylic acid groups (broad SMARTS) is 1. The summed E-state index contributed by atoms with van der Waals surface area (Å²) in [7, 11) is 0. The second-order valence-electron chi connectivity index (χ2n) is 4.90. The molecule has 0 bridgehead atoms. The zero-order valence-electron chi connectivity index (χ0n) is 13.1. The molecule has 0 amide bonds. The average molecular weight is 348 g/mol. The summed E-state index contributed by atoms with van der Waals surface area (Å²) in [5.41, 5.74) is 0.692. The Labute approximate surface area is 141 Å². The van der Waals surface area contributed by atoms with Gasteiger partial charge in [0, 0.05) is 6.08 Å². The lowest BCUT2D eigenvalue weighted by atomic mass is 10.2. The van der Waals surface area contributed by atoms with Crippen LogP contribution in [0.1, 0.15) is 17.3 Å². The minimum Gasteiger partial charge on any atom is -0.478 e. The molecule has 2 rings (SSSR count). The number of aromatic carboxylic acids is 1. The van der Waals surface area contributed by atoms with Gasteiger partial charge < -0.3 is 9.84 Å². The molecule has 0 aliphatic heterocycles. The van der Waals surface area contributed by atoms with Crippen molar-refractivity contribution in [3.8, 4) is 5.75 Å². The molecular weight excluding hydrogens is 334 g/mol. The summed E-state index contributed by atoms with van der Waals surface area (Å²) in [6.45, 7) is 1.45. The second kappa shape index (κ2) is 7.52. The Morgan fingerprint density at radius 1 is 1.12 bits per heavy atom. The van der Waals surface area contributed by atoms with Gasteiger partial charge in [0.2, 0.25) is 0 Å². The van der Waals surface area contributed by atoms with Crippen molar-refractivity contribution in [2.24, 2.45) is 5.29 Å². The van der Waals surface area contributed by atoms with E-state index >= 15 is 0 Å². The molecule has 0 spiro atoms. The number of anilines is 2. The van der Waals surface area contributed by atoms with Crippen molar-refractivity contribution in [1.82, 2.24) is 0 Å². The van der Waals surface area contributed by atoms with Crippen LogP contribution in [0.4, 0.5) is 20.2 Å². The second-order valence-corrected chi connectivity index (χ2v) is 4.90. The van der Waals surface area contributed by atoms with Crippen molar-refractivity contribution in [1.29, 1.82) is 0 Å². The molecule has 0 radical (unpaired) electrons. The van der Waals surface area contributed by atoms with Gasteiger partial charge in [-0.1, -0.05) is 6.08 Å². The smallest absolute Gasteiger partial charge is 0.419 e. The van der Waals surface area contributed by atoms with Gasteiger partial charge in [-0.3, -0.25) is 0 Å². The van der Waals surface area contributed by atoms with Gasteiger partial charge in [0.25, 0.3) is 0 Å². The van der Waals surface area contributed by atoms with Gasteiger partial charge in [-0.05, 0) is 55.5 Å². The van der Waals surface area contributed by atoms with Crippen LogP contribution in [0.5, 0.6) is 5.75 Å². The SMILES string of the molecule is C/C=C/C(F)(F)Oc1ccc(N(N=O)c2ccc(C(=O)O)cc2)cc1. The molecule has 0 unspecified atom stereocenters. The number of hydrogen-bond acceptors (Lipinski definition) is 4. The summed E-state index contributed by atoms with van der Waals surface area (Å²) in [6, 6.07) is 10.8. The molecule has 0 aliphatic rings.